The van der Waals surface area contributed by atoms with Crippen molar-refractivity contribution >= 4 is 0 Å². The maximum Gasteiger partial charge on any atom is 0.0424 e. The van der Waals surface area contributed by atoms with Gasteiger partial charge in [-0.2, -0.15) is 0 Å². The largest absolute Gasteiger partial charge is 0.323 e. The van der Waals surface area contributed by atoms with Crippen LogP contribution >= 0.6 is 0 Å². The molecule has 2 atom stereocenters. The smallest absolute Gasteiger partial charge is 0.0424 e. The zero-order valence-corrected chi connectivity index (χ0v) is 12.7. The van der Waals surface area contributed by atoms with E-state index in [4.69, 9.17) is 5.73 Å². The minimum absolute atomic E-state index is 0.152. The number of hydrogen-bond donors (Lipinski definition) is 1. The Morgan fingerprint density at radius 3 is 2.58 bits per heavy atom. The van der Waals surface area contributed by atoms with E-state index < -0.39 is 0 Å². The second-order valence-corrected chi connectivity index (χ2v) is 6.23. The molecule has 2 N–H and O–H groups in total. The van der Waals surface area contributed by atoms with Gasteiger partial charge in [0.25, 0.3) is 0 Å². The highest BCUT2D eigenvalue weighted by molar-refractivity contribution is 5.30. The maximum absolute atomic E-state index is 6.39. The minimum Gasteiger partial charge on any atom is -0.323 e. The summed E-state index contributed by atoms with van der Waals surface area (Å²) in [5.74, 6) is 0.899. The van der Waals surface area contributed by atoms with Crippen LogP contribution in [0.2, 0.25) is 0 Å². The van der Waals surface area contributed by atoms with Gasteiger partial charge in [-0.3, -0.25) is 0 Å². The van der Waals surface area contributed by atoms with Crippen LogP contribution in [0, 0.1) is 19.8 Å². The van der Waals surface area contributed by atoms with E-state index in [0.717, 1.165) is 12.5 Å². The molecule has 1 heterocycles. The fourth-order valence-corrected chi connectivity index (χ4v) is 3.33. The molecule has 0 radical (unpaired) electrons. The third-order valence-corrected chi connectivity index (χ3v) is 4.19. The van der Waals surface area contributed by atoms with Gasteiger partial charge in [-0.1, -0.05) is 42.7 Å². The lowest BCUT2D eigenvalue weighted by molar-refractivity contribution is 0.300. The summed E-state index contributed by atoms with van der Waals surface area (Å²) in [6.45, 7) is 10.1. The first-order valence-corrected chi connectivity index (χ1v) is 7.64. The molecule has 0 spiro atoms. The molecular formula is C17H28N2. The third kappa shape index (κ3) is 4.05. The van der Waals surface area contributed by atoms with Gasteiger partial charge in [0.1, 0.15) is 0 Å². The Labute approximate surface area is 118 Å². The predicted molar refractivity (Wildman–Crippen MR) is 82.3 cm³/mol. The summed E-state index contributed by atoms with van der Waals surface area (Å²) in [5, 5.41) is 0. The summed E-state index contributed by atoms with van der Waals surface area (Å²) in [6, 6.07) is 6.83. The van der Waals surface area contributed by atoms with Gasteiger partial charge in [-0.25, -0.2) is 0 Å². The van der Waals surface area contributed by atoms with Gasteiger partial charge in [-0.05, 0) is 44.7 Å². The van der Waals surface area contributed by atoms with Crippen molar-refractivity contribution in [3.05, 3.63) is 34.9 Å². The van der Waals surface area contributed by atoms with Crippen LogP contribution in [0.25, 0.3) is 0 Å². The zero-order chi connectivity index (χ0) is 13.8. The van der Waals surface area contributed by atoms with Crippen molar-refractivity contribution < 1.29 is 0 Å². The Morgan fingerprint density at radius 1 is 1.26 bits per heavy atom. The number of hydrogen-bond acceptors (Lipinski definition) is 2. The summed E-state index contributed by atoms with van der Waals surface area (Å²) >= 11 is 0. The molecule has 1 aliphatic rings. The first kappa shape index (κ1) is 14.5. The number of likely N-dealkylation sites (tertiary alicyclic amines) is 1. The molecule has 2 unspecified atom stereocenters. The van der Waals surface area contributed by atoms with Crippen LogP contribution in [0.1, 0.15) is 48.9 Å². The highest BCUT2D eigenvalue weighted by atomic mass is 15.2. The quantitative estimate of drug-likeness (QED) is 0.879. The molecule has 0 aliphatic carbocycles. The van der Waals surface area contributed by atoms with E-state index in [1.807, 2.05) is 0 Å². The lowest BCUT2D eigenvalue weighted by Gasteiger charge is -2.22. The molecule has 0 aromatic heterocycles. The van der Waals surface area contributed by atoms with E-state index in [0.29, 0.717) is 0 Å². The fourth-order valence-electron chi connectivity index (χ4n) is 3.33. The van der Waals surface area contributed by atoms with Crippen LogP contribution in [0.4, 0.5) is 0 Å². The van der Waals surface area contributed by atoms with Gasteiger partial charge in [0.2, 0.25) is 0 Å². The average Bonchev–Trinajstić information content (AvgIpc) is 2.76. The third-order valence-electron chi connectivity index (χ3n) is 4.19. The highest BCUT2D eigenvalue weighted by Crippen LogP contribution is 2.23. The minimum atomic E-state index is 0.152. The first-order chi connectivity index (χ1) is 9.08. The predicted octanol–water partition coefficient (Wildman–Crippen LogP) is 3.43. The number of nitrogens with two attached hydrogens (primary N) is 1. The summed E-state index contributed by atoms with van der Waals surface area (Å²) < 4.78 is 0. The van der Waals surface area contributed by atoms with Crippen LogP contribution in [0.5, 0.6) is 0 Å². The Bertz CT molecular complexity index is 393. The fraction of sp³-hybridized carbons (Fsp3) is 0.647. The average molecular weight is 260 g/mol. The highest BCUT2D eigenvalue weighted by Gasteiger charge is 2.23. The molecule has 2 rings (SSSR count). The van der Waals surface area contributed by atoms with Crippen molar-refractivity contribution in [1.82, 2.24) is 4.90 Å². The molecule has 2 nitrogen and oxygen atoms in total. The van der Waals surface area contributed by atoms with E-state index in [9.17, 15) is 0 Å². The zero-order valence-electron chi connectivity index (χ0n) is 12.7. The Hall–Kier alpha value is -0.860. The molecule has 2 heteroatoms. The van der Waals surface area contributed by atoms with Crippen LogP contribution in [-0.4, -0.2) is 24.5 Å². The lowest BCUT2D eigenvalue weighted by atomic mass is 10.0. The Morgan fingerprint density at radius 2 is 1.95 bits per heavy atom. The van der Waals surface area contributed by atoms with Gasteiger partial charge in [0.05, 0.1) is 0 Å². The SMILES string of the molecule is CCCC1CCN(CC(N)c2cc(C)cc(C)c2)C1. The monoisotopic (exact) mass is 260 g/mol. The number of nitrogens with zero attached hydrogens (tertiary/aromatic N) is 1. The van der Waals surface area contributed by atoms with E-state index in [-0.39, 0.29) is 6.04 Å². The number of rotatable bonds is 5. The van der Waals surface area contributed by atoms with Gasteiger partial charge in [-0.15, -0.1) is 0 Å². The van der Waals surface area contributed by atoms with Crippen molar-refractivity contribution in [3.8, 4) is 0 Å². The van der Waals surface area contributed by atoms with Gasteiger partial charge in [0, 0.05) is 19.1 Å². The van der Waals surface area contributed by atoms with Crippen molar-refractivity contribution in [2.24, 2.45) is 11.7 Å². The standard InChI is InChI=1S/C17H28N2/c1-4-5-15-6-7-19(11-15)12-17(18)16-9-13(2)8-14(3)10-16/h8-10,15,17H,4-7,11-12,18H2,1-3H3. The van der Waals surface area contributed by atoms with Gasteiger partial charge >= 0.3 is 0 Å². The molecule has 106 valence electrons. The summed E-state index contributed by atoms with van der Waals surface area (Å²) in [7, 11) is 0. The molecule has 19 heavy (non-hydrogen) atoms. The lowest BCUT2D eigenvalue weighted by Crippen LogP contribution is -2.30. The van der Waals surface area contributed by atoms with Crippen molar-refractivity contribution in [3.63, 3.8) is 0 Å². The van der Waals surface area contributed by atoms with Gasteiger partial charge in [0.15, 0.2) is 0 Å². The molecule has 1 aromatic rings. The molecule has 0 bridgehead atoms. The summed E-state index contributed by atoms with van der Waals surface area (Å²) in [4.78, 5) is 2.54. The normalized spacial score (nSPS) is 21.8. The van der Waals surface area contributed by atoms with Crippen LogP contribution in [0.3, 0.4) is 0 Å². The van der Waals surface area contributed by atoms with E-state index >= 15 is 0 Å². The Kier molecular flexibility index (Phi) is 5.00. The van der Waals surface area contributed by atoms with Crippen molar-refractivity contribution in [1.29, 1.82) is 0 Å². The van der Waals surface area contributed by atoms with Crippen LogP contribution in [0.15, 0.2) is 18.2 Å². The van der Waals surface area contributed by atoms with Crippen LogP contribution < -0.4 is 5.73 Å². The molecule has 1 aromatic carbocycles. The summed E-state index contributed by atoms with van der Waals surface area (Å²) in [5.41, 5.74) is 10.3. The number of benzene rings is 1. The second kappa shape index (κ2) is 6.53. The molecule has 1 fully saturated rings. The first-order valence-electron chi connectivity index (χ1n) is 7.64. The molecule has 1 saturated heterocycles. The topological polar surface area (TPSA) is 29.3 Å². The maximum atomic E-state index is 6.39. The van der Waals surface area contributed by atoms with Gasteiger partial charge < -0.3 is 10.6 Å². The van der Waals surface area contributed by atoms with E-state index in [1.54, 1.807) is 0 Å². The van der Waals surface area contributed by atoms with E-state index in [1.165, 1.54) is 49.0 Å². The van der Waals surface area contributed by atoms with Crippen LogP contribution in [-0.2, 0) is 0 Å². The second-order valence-electron chi connectivity index (χ2n) is 6.23. The molecule has 0 saturated carbocycles. The Balaban J connectivity index is 1.92. The molecule has 0 amide bonds. The van der Waals surface area contributed by atoms with Crippen molar-refractivity contribution in [2.75, 3.05) is 19.6 Å². The van der Waals surface area contributed by atoms with Crippen molar-refractivity contribution in [2.45, 2.75) is 46.1 Å². The molecule has 1 aliphatic heterocycles. The number of aryl methyl sites for hydroxylation is 2. The van der Waals surface area contributed by atoms with E-state index in [2.05, 4.69) is 43.9 Å². The summed E-state index contributed by atoms with van der Waals surface area (Å²) in [6.07, 6.45) is 4.03. The molecular weight excluding hydrogens is 232 g/mol.